The van der Waals surface area contributed by atoms with Gasteiger partial charge < -0.3 is 19.0 Å². The summed E-state index contributed by atoms with van der Waals surface area (Å²) in [5.41, 5.74) is 1.94. The molecule has 2 aromatic rings. The third-order valence-corrected chi connectivity index (χ3v) is 3.48. The zero-order valence-corrected chi connectivity index (χ0v) is 14.7. The van der Waals surface area contributed by atoms with Gasteiger partial charge in [0.2, 0.25) is 0 Å². The molecular formula is C18H20ClNO4. The van der Waals surface area contributed by atoms with Crippen LogP contribution in [0, 0.1) is 6.92 Å². The van der Waals surface area contributed by atoms with E-state index in [1.54, 1.807) is 25.5 Å². The number of nitrogens with zero attached hydrogens (tertiary/aromatic N) is 1. The molecule has 0 bridgehead atoms. The van der Waals surface area contributed by atoms with Crippen molar-refractivity contribution in [2.24, 2.45) is 5.16 Å². The molecule has 0 saturated carbocycles. The molecule has 0 N–H and O–H groups in total. The largest absolute Gasteiger partial charge is 0.493 e. The van der Waals surface area contributed by atoms with Gasteiger partial charge in [-0.2, -0.15) is 0 Å². The number of aryl methyl sites for hydroxylation is 1. The van der Waals surface area contributed by atoms with Crippen molar-refractivity contribution in [3.8, 4) is 17.2 Å². The molecule has 0 aliphatic heterocycles. The van der Waals surface area contributed by atoms with E-state index in [-0.39, 0.29) is 0 Å². The molecule has 0 heterocycles. The van der Waals surface area contributed by atoms with Crippen LogP contribution in [0.5, 0.6) is 17.2 Å². The van der Waals surface area contributed by atoms with Crippen LogP contribution >= 0.6 is 11.6 Å². The maximum Gasteiger partial charge on any atom is 0.179 e. The molecule has 0 fully saturated rings. The molecular weight excluding hydrogens is 330 g/mol. The second-order valence-electron chi connectivity index (χ2n) is 4.97. The average Bonchev–Trinajstić information content (AvgIpc) is 2.59. The summed E-state index contributed by atoms with van der Waals surface area (Å²) >= 11 is 6.13. The van der Waals surface area contributed by atoms with Crippen LogP contribution in [0.4, 0.5) is 0 Å². The maximum absolute atomic E-state index is 6.13. The normalized spacial score (nSPS) is 10.7. The van der Waals surface area contributed by atoms with Gasteiger partial charge in [0, 0.05) is 5.56 Å². The van der Waals surface area contributed by atoms with Gasteiger partial charge >= 0.3 is 0 Å². The Hall–Kier alpha value is -2.40. The number of benzene rings is 2. The predicted octanol–water partition coefficient (Wildman–Crippen LogP) is 4.10. The van der Waals surface area contributed by atoms with Crippen LogP contribution in [0.3, 0.4) is 0 Å². The van der Waals surface area contributed by atoms with Gasteiger partial charge in [0.05, 0.1) is 25.5 Å². The molecule has 2 aromatic carbocycles. The van der Waals surface area contributed by atoms with E-state index in [0.29, 0.717) is 29.7 Å². The first-order chi connectivity index (χ1) is 11.6. The van der Waals surface area contributed by atoms with Gasteiger partial charge in [-0.25, -0.2) is 0 Å². The van der Waals surface area contributed by atoms with Crippen LogP contribution < -0.4 is 14.2 Å². The molecule has 0 spiro atoms. The van der Waals surface area contributed by atoms with Gasteiger partial charge in [-0.05, 0) is 31.2 Å². The van der Waals surface area contributed by atoms with E-state index in [2.05, 4.69) is 5.16 Å². The number of oxime groups is 1. The highest BCUT2D eigenvalue weighted by Gasteiger charge is 2.09. The summed E-state index contributed by atoms with van der Waals surface area (Å²) in [5, 5.41) is 4.34. The number of ether oxygens (including phenoxy) is 3. The summed E-state index contributed by atoms with van der Waals surface area (Å²) in [6, 6.07) is 11.3. The van der Waals surface area contributed by atoms with Gasteiger partial charge in [-0.3, -0.25) is 0 Å². The quantitative estimate of drug-likeness (QED) is 0.409. The van der Waals surface area contributed by atoms with Gasteiger partial charge in [0.25, 0.3) is 0 Å². The zero-order chi connectivity index (χ0) is 17.4. The van der Waals surface area contributed by atoms with Gasteiger partial charge in [-0.15, -0.1) is 0 Å². The fraction of sp³-hybridized carbons (Fsp3) is 0.278. The van der Waals surface area contributed by atoms with Crippen molar-refractivity contribution >= 4 is 17.8 Å². The predicted molar refractivity (Wildman–Crippen MR) is 94.8 cm³/mol. The zero-order valence-electron chi connectivity index (χ0n) is 13.9. The second-order valence-corrected chi connectivity index (χ2v) is 5.37. The van der Waals surface area contributed by atoms with Crippen molar-refractivity contribution in [1.82, 2.24) is 0 Å². The third kappa shape index (κ3) is 5.06. The van der Waals surface area contributed by atoms with Crippen molar-refractivity contribution in [1.29, 1.82) is 0 Å². The number of rotatable bonds is 8. The smallest absolute Gasteiger partial charge is 0.179 e. The fourth-order valence-corrected chi connectivity index (χ4v) is 2.29. The van der Waals surface area contributed by atoms with Crippen molar-refractivity contribution in [2.75, 3.05) is 27.4 Å². The molecule has 2 rings (SSSR count). The van der Waals surface area contributed by atoms with E-state index in [0.717, 1.165) is 11.3 Å². The maximum atomic E-state index is 6.13. The molecule has 0 atom stereocenters. The monoisotopic (exact) mass is 349 g/mol. The van der Waals surface area contributed by atoms with E-state index in [9.17, 15) is 0 Å². The lowest BCUT2D eigenvalue weighted by atomic mass is 10.2. The van der Waals surface area contributed by atoms with Crippen LogP contribution in [0.1, 0.15) is 11.1 Å². The van der Waals surface area contributed by atoms with E-state index in [4.69, 9.17) is 30.6 Å². The van der Waals surface area contributed by atoms with E-state index in [1.165, 1.54) is 12.7 Å². The van der Waals surface area contributed by atoms with Crippen molar-refractivity contribution in [3.63, 3.8) is 0 Å². The first-order valence-electron chi connectivity index (χ1n) is 7.40. The van der Waals surface area contributed by atoms with Crippen LogP contribution in [0.2, 0.25) is 5.02 Å². The minimum Gasteiger partial charge on any atom is -0.493 e. The molecule has 0 unspecified atom stereocenters. The Morgan fingerprint density at radius 3 is 2.46 bits per heavy atom. The van der Waals surface area contributed by atoms with E-state index < -0.39 is 0 Å². The number of hydrogen-bond donors (Lipinski definition) is 0. The molecule has 0 radical (unpaired) electrons. The highest BCUT2D eigenvalue weighted by Crippen LogP contribution is 2.35. The Kier molecular flexibility index (Phi) is 6.75. The van der Waals surface area contributed by atoms with E-state index in [1.807, 2.05) is 31.2 Å². The van der Waals surface area contributed by atoms with Crippen LogP contribution in [-0.4, -0.2) is 33.6 Å². The van der Waals surface area contributed by atoms with Crippen LogP contribution in [0.25, 0.3) is 0 Å². The Balaban J connectivity index is 1.81. The summed E-state index contributed by atoms with van der Waals surface area (Å²) in [6.07, 6.45) is 1.56. The van der Waals surface area contributed by atoms with Gasteiger partial charge in [0.1, 0.15) is 12.4 Å². The molecule has 0 amide bonds. The Bertz CT molecular complexity index is 686. The summed E-state index contributed by atoms with van der Waals surface area (Å²) in [6.45, 7) is 2.78. The Morgan fingerprint density at radius 1 is 1.04 bits per heavy atom. The lowest BCUT2D eigenvalue weighted by Gasteiger charge is -2.09. The summed E-state index contributed by atoms with van der Waals surface area (Å²) < 4.78 is 16.0. The lowest BCUT2D eigenvalue weighted by Crippen LogP contribution is -2.04. The third-order valence-electron chi connectivity index (χ3n) is 3.20. The highest BCUT2D eigenvalue weighted by atomic mass is 35.5. The first kappa shape index (κ1) is 17.9. The van der Waals surface area contributed by atoms with Crippen LogP contribution in [0.15, 0.2) is 41.6 Å². The lowest BCUT2D eigenvalue weighted by molar-refractivity contribution is 0.108. The number of halogens is 1. The van der Waals surface area contributed by atoms with Gasteiger partial charge in [0.15, 0.2) is 18.1 Å². The number of methoxy groups -OCH3 is 2. The topological polar surface area (TPSA) is 49.3 Å². The minimum absolute atomic E-state index is 0.339. The molecule has 24 heavy (non-hydrogen) atoms. The standard InChI is InChI=1S/C18H20ClNO4/c1-13-4-6-15(7-5-13)23-8-9-24-20-12-14-10-16(19)18(22-3)17(11-14)21-2/h4-7,10-12H,8-9H2,1-3H3/b20-12+. The van der Waals surface area contributed by atoms with Crippen LogP contribution in [-0.2, 0) is 4.84 Å². The number of hydrogen-bond acceptors (Lipinski definition) is 5. The Morgan fingerprint density at radius 2 is 1.79 bits per heavy atom. The van der Waals surface area contributed by atoms with Crippen molar-refractivity contribution in [3.05, 3.63) is 52.5 Å². The second kappa shape index (κ2) is 9.03. The molecule has 6 heteroatoms. The fourth-order valence-electron chi connectivity index (χ4n) is 1.99. The van der Waals surface area contributed by atoms with Crippen molar-refractivity contribution < 1.29 is 19.0 Å². The molecule has 0 aliphatic carbocycles. The Labute approximate surface area is 146 Å². The van der Waals surface area contributed by atoms with Crippen molar-refractivity contribution in [2.45, 2.75) is 6.92 Å². The van der Waals surface area contributed by atoms with E-state index >= 15 is 0 Å². The molecule has 128 valence electrons. The molecule has 0 saturated heterocycles. The van der Waals surface area contributed by atoms with Gasteiger partial charge in [-0.1, -0.05) is 34.5 Å². The summed E-state index contributed by atoms with van der Waals surface area (Å²) in [5.74, 6) is 1.83. The molecule has 0 aliphatic rings. The SMILES string of the molecule is COc1cc(/C=N/OCCOc2ccc(C)cc2)cc(Cl)c1OC. The summed E-state index contributed by atoms with van der Waals surface area (Å²) in [4.78, 5) is 5.18. The average molecular weight is 350 g/mol. The molecule has 5 nitrogen and oxygen atoms in total. The highest BCUT2D eigenvalue weighted by molar-refractivity contribution is 6.32. The molecule has 0 aromatic heterocycles. The summed E-state index contributed by atoms with van der Waals surface area (Å²) in [7, 11) is 3.09. The first-order valence-corrected chi connectivity index (χ1v) is 7.78. The minimum atomic E-state index is 0.339.